The van der Waals surface area contributed by atoms with Crippen LogP contribution in [0.1, 0.15) is 30.9 Å². The Hall–Kier alpha value is -1.17. The normalized spacial score (nSPS) is 11.9. The molecule has 5 nitrogen and oxygen atoms in total. The first-order valence-corrected chi connectivity index (χ1v) is 5.27. The molecule has 0 amide bonds. The van der Waals surface area contributed by atoms with Crippen molar-refractivity contribution < 1.29 is 15.3 Å². The second-order valence-corrected chi connectivity index (χ2v) is 3.76. The van der Waals surface area contributed by atoms with Gasteiger partial charge in [-0.2, -0.15) is 0 Å². The minimum absolute atomic E-state index is 0. The lowest BCUT2D eigenvalue weighted by Gasteiger charge is -2.14. The third kappa shape index (κ3) is 3.96. The molecule has 7 N–H and O–H groups in total. The van der Waals surface area contributed by atoms with E-state index in [2.05, 4.69) is 0 Å². The molecule has 0 fully saturated rings. The zero-order valence-electron chi connectivity index (χ0n) is 9.47. The van der Waals surface area contributed by atoms with Crippen molar-refractivity contribution in [1.82, 2.24) is 0 Å². The van der Waals surface area contributed by atoms with Crippen molar-refractivity contribution in [2.75, 3.05) is 6.54 Å². The molecule has 0 saturated heterocycles. The van der Waals surface area contributed by atoms with Gasteiger partial charge >= 0.3 is 0 Å². The van der Waals surface area contributed by atoms with Crippen LogP contribution in [0.2, 0.25) is 0 Å². The molecular formula is C11H19ClN2O3. The Bertz CT molecular complexity index is 361. The second-order valence-electron chi connectivity index (χ2n) is 3.76. The van der Waals surface area contributed by atoms with E-state index in [1.807, 2.05) is 0 Å². The highest BCUT2D eigenvalue weighted by Crippen LogP contribution is 2.39. The zero-order chi connectivity index (χ0) is 12.1. The molecule has 0 spiro atoms. The maximum Gasteiger partial charge on any atom is 0.200 e. The molecule has 6 heteroatoms. The summed E-state index contributed by atoms with van der Waals surface area (Å²) < 4.78 is 0. The number of aromatic hydroxyl groups is 3. The fourth-order valence-electron chi connectivity index (χ4n) is 1.55. The van der Waals surface area contributed by atoms with Gasteiger partial charge in [0.05, 0.1) is 0 Å². The van der Waals surface area contributed by atoms with E-state index in [0.29, 0.717) is 18.5 Å². The molecule has 0 aliphatic carbocycles. The fraction of sp³-hybridized carbons (Fsp3) is 0.455. The minimum atomic E-state index is -0.522. The topological polar surface area (TPSA) is 113 Å². The lowest BCUT2D eigenvalue weighted by Crippen LogP contribution is -2.11. The summed E-state index contributed by atoms with van der Waals surface area (Å²) in [6, 6.07) is 2.46. The third-order valence-electron chi connectivity index (χ3n) is 2.53. The van der Waals surface area contributed by atoms with E-state index in [1.54, 1.807) is 0 Å². The first-order chi connectivity index (χ1) is 7.57. The van der Waals surface area contributed by atoms with Gasteiger partial charge in [-0.25, -0.2) is 0 Å². The van der Waals surface area contributed by atoms with E-state index < -0.39 is 5.75 Å². The van der Waals surface area contributed by atoms with Crippen molar-refractivity contribution in [2.24, 2.45) is 11.5 Å². The molecule has 0 saturated carbocycles. The SMILES string of the molecule is Cl.NCCCC[C@@H](N)c1ccc(O)c(O)c1O. The zero-order valence-corrected chi connectivity index (χ0v) is 10.3. The van der Waals surface area contributed by atoms with Gasteiger partial charge in [0.25, 0.3) is 0 Å². The van der Waals surface area contributed by atoms with Crippen molar-refractivity contribution in [1.29, 1.82) is 0 Å². The monoisotopic (exact) mass is 262 g/mol. The lowest BCUT2D eigenvalue weighted by atomic mass is 10.0. The standard InChI is InChI=1S/C11H18N2O3.ClH/c12-6-2-1-3-8(13)7-4-5-9(14)11(16)10(7)15;/h4-5,8,14-16H,1-3,6,12-13H2;1H/t8-;/m1./s1. The van der Waals surface area contributed by atoms with Crippen LogP contribution in [-0.2, 0) is 0 Å². The van der Waals surface area contributed by atoms with Crippen LogP contribution in [0, 0.1) is 0 Å². The molecule has 1 aromatic rings. The molecule has 17 heavy (non-hydrogen) atoms. The Morgan fingerprint density at radius 2 is 1.71 bits per heavy atom. The van der Waals surface area contributed by atoms with Crippen LogP contribution in [0.15, 0.2) is 12.1 Å². The van der Waals surface area contributed by atoms with Gasteiger partial charge in [-0.1, -0.05) is 6.42 Å². The van der Waals surface area contributed by atoms with E-state index in [0.717, 1.165) is 12.8 Å². The largest absolute Gasteiger partial charge is 0.504 e. The van der Waals surface area contributed by atoms with Crippen LogP contribution in [0.3, 0.4) is 0 Å². The maximum atomic E-state index is 9.59. The van der Waals surface area contributed by atoms with Gasteiger partial charge in [-0.3, -0.25) is 0 Å². The highest BCUT2D eigenvalue weighted by molar-refractivity contribution is 5.85. The molecular weight excluding hydrogens is 244 g/mol. The van der Waals surface area contributed by atoms with E-state index >= 15 is 0 Å². The van der Waals surface area contributed by atoms with Crippen LogP contribution in [-0.4, -0.2) is 21.9 Å². The van der Waals surface area contributed by atoms with Crippen molar-refractivity contribution in [3.05, 3.63) is 17.7 Å². The number of hydrogen-bond acceptors (Lipinski definition) is 5. The average molecular weight is 263 g/mol. The molecule has 98 valence electrons. The van der Waals surface area contributed by atoms with E-state index in [1.165, 1.54) is 12.1 Å². The Labute approximate surface area is 106 Å². The predicted molar refractivity (Wildman–Crippen MR) is 68.5 cm³/mol. The summed E-state index contributed by atoms with van der Waals surface area (Å²) in [4.78, 5) is 0. The predicted octanol–water partition coefficient (Wildman–Crippen LogP) is 1.35. The summed E-state index contributed by atoms with van der Waals surface area (Å²) in [6.45, 7) is 0.611. The summed E-state index contributed by atoms with van der Waals surface area (Å²) >= 11 is 0. The number of nitrogens with two attached hydrogens (primary N) is 2. The second kappa shape index (κ2) is 7.21. The summed E-state index contributed by atoms with van der Waals surface area (Å²) in [6.07, 6.45) is 2.41. The Morgan fingerprint density at radius 1 is 1.06 bits per heavy atom. The first-order valence-electron chi connectivity index (χ1n) is 5.27. The summed E-state index contributed by atoms with van der Waals surface area (Å²) in [5.74, 6) is -1.22. The van der Waals surface area contributed by atoms with Crippen molar-refractivity contribution in [2.45, 2.75) is 25.3 Å². The Kier molecular flexibility index (Phi) is 6.72. The Balaban J connectivity index is 0.00000256. The van der Waals surface area contributed by atoms with E-state index in [9.17, 15) is 10.2 Å². The van der Waals surface area contributed by atoms with Crippen LogP contribution in [0.4, 0.5) is 0 Å². The van der Waals surface area contributed by atoms with Gasteiger partial charge in [-0.05, 0) is 31.5 Å². The van der Waals surface area contributed by atoms with Gasteiger partial charge < -0.3 is 26.8 Å². The molecule has 0 aliphatic rings. The van der Waals surface area contributed by atoms with Gasteiger partial charge in [0.15, 0.2) is 11.5 Å². The van der Waals surface area contributed by atoms with Crippen molar-refractivity contribution in [3.63, 3.8) is 0 Å². The van der Waals surface area contributed by atoms with Gasteiger partial charge in [-0.15, -0.1) is 12.4 Å². The molecule has 1 aromatic carbocycles. The molecule has 0 aromatic heterocycles. The molecule has 0 aliphatic heterocycles. The Morgan fingerprint density at radius 3 is 2.29 bits per heavy atom. The van der Waals surface area contributed by atoms with Crippen molar-refractivity contribution >= 4 is 12.4 Å². The number of phenols is 3. The maximum absolute atomic E-state index is 9.59. The van der Waals surface area contributed by atoms with Crippen LogP contribution >= 0.6 is 12.4 Å². The number of halogens is 1. The van der Waals surface area contributed by atoms with Gasteiger partial charge in [0.2, 0.25) is 5.75 Å². The average Bonchev–Trinajstić information content (AvgIpc) is 2.26. The van der Waals surface area contributed by atoms with Gasteiger partial charge in [0.1, 0.15) is 0 Å². The molecule has 1 atom stereocenters. The summed E-state index contributed by atoms with van der Waals surface area (Å²) in [5.41, 5.74) is 11.7. The number of benzene rings is 1. The van der Waals surface area contributed by atoms with E-state index in [4.69, 9.17) is 16.6 Å². The molecule has 1 rings (SSSR count). The molecule has 0 heterocycles. The quantitative estimate of drug-likeness (QED) is 0.406. The molecule has 0 bridgehead atoms. The molecule has 0 radical (unpaired) electrons. The highest BCUT2D eigenvalue weighted by atomic mass is 35.5. The minimum Gasteiger partial charge on any atom is -0.504 e. The van der Waals surface area contributed by atoms with Gasteiger partial charge in [0, 0.05) is 11.6 Å². The smallest absolute Gasteiger partial charge is 0.200 e. The number of hydrogen-bond donors (Lipinski definition) is 5. The molecule has 0 unspecified atom stereocenters. The number of unbranched alkanes of at least 4 members (excludes halogenated alkanes) is 1. The summed E-state index contributed by atoms with van der Waals surface area (Å²) in [7, 11) is 0. The summed E-state index contributed by atoms with van der Waals surface area (Å²) in [5, 5.41) is 28.1. The third-order valence-corrected chi connectivity index (χ3v) is 2.53. The first kappa shape index (κ1) is 15.8. The fourth-order valence-corrected chi connectivity index (χ4v) is 1.55. The van der Waals surface area contributed by atoms with Crippen LogP contribution in [0.25, 0.3) is 0 Å². The van der Waals surface area contributed by atoms with E-state index in [-0.39, 0.29) is 29.9 Å². The number of phenolic OH excluding ortho intramolecular Hbond substituents is 3. The number of rotatable bonds is 5. The highest BCUT2D eigenvalue weighted by Gasteiger charge is 2.16. The van der Waals surface area contributed by atoms with Crippen LogP contribution in [0.5, 0.6) is 17.2 Å². The van der Waals surface area contributed by atoms with Crippen LogP contribution < -0.4 is 11.5 Å². The van der Waals surface area contributed by atoms with Crippen molar-refractivity contribution in [3.8, 4) is 17.2 Å². The lowest BCUT2D eigenvalue weighted by molar-refractivity contribution is 0.362.